The lowest BCUT2D eigenvalue weighted by Gasteiger charge is -2.43. The van der Waals surface area contributed by atoms with Crippen LogP contribution in [0.25, 0.3) is 0 Å². The number of aliphatic hydroxyl groups is 3. The van der Waals surface area contributed by atoms with Crippen molar-refractivity contribution in [2.24, 2.45) is 59.2 Å². The average Bonchev–Trinajstić information content (AvgIpc) is 1.52. The molecule has 3 heterocycles. The van der Waals surface area contributed by atoms with Gasteiger partial charge in [0.1, 0.15) is 5.78 Å². The highest BCUT2D eigenvalue weighted by Crippen LogP contribution is 2.54. The largest absolute Gasteiger partial charge is 0.406 e. The second-order valence-corrected chi connectivity index (χ2v) is 46.5. The Bertz CT molecular complexity index is 3890. The Morgan fingerprint density at radius 1 is 0.451 bits per heavy atom. The van der Waals surface area contributed by atoms with Gasteiger partial charge in [-0.2, -0.15) is 0 Å². The third-order valence-electron chi connectivity index (χ3n) is 32.1. The molecule has 6 fully saturated rings. The van der Waals surface area contributed by atoms with Gasteiger partial charge in [0.2, 0.25) is 0 Å². The van der Waals surface area contributed by atoms with Gasteiger partial charge in [0.15, 0.2) is 33.0 Å². The number of hydrogen-bond donors (Lipinski definition) is 3. The molecule has 122 heavy (non-hydrogen) atoms. The lowest BCUT2D eigenvalue weighted by Crippen LogP contribution is -2.43. The Labute approximate surface area is 741 Å². The maximum atomic E-state index is 13.6. The molecule has 3 saturated carbocycles. The van der Waals surface area contributed by atoms with Gasteiger partial charge in [0.05, 0.1) is 42.7 Å². The van der Waals surface area contributed by atoms with Crippen molar-refractivity contribution >= 4 is 19.9 Å². The fraction of sp³-hybridized carbons (Fsp3) is 0.743. The van der Waals surface area contributed by atoms with Crippen molar-refractivity contribution in [3.63, 3.8) is 0 Å². The molecule has 11 aliphatic rings. The van der Waals surface area contributed by atoms with Crippen molar-refractivity contribution in [3.8, 4) is 0 Å². The van der Waals surface area contributed by atoms with E-state index in [2.05, 4.69) is 162 Å². The zero-order chi connectivity index (χ0) is 86.5. The van der Waals surface area contributed by atoms with E-state index in [1.54, 1.807) is 5.56 Å². The lowest BCUT2D eigenvalue weighted by atomic mass is 9.73. The summed E-state index contributed by atoms with van der Waals surface area (Å²) in [5.41, 5.74) is 19.7. The molecule has 8 aliphatic carbocycles. The molecule has 4 aromatic carbocycles. The topological polar surface area (TPSA) is 159 Å². The fourth-order valence-electron chi connectivity index (χ4n) is 23.8. The van der Waals surface area contributed by atoms with Gasteiger partial charge in [-0.25, -0.2) is 0 Å². The number of allylic oxidation sites excluding steroid dienone is 1. The second kappa shape index (κ2) is 47.4. The fourth-order valence-corrected chi connectivity index (χ4v) is 25.0. The summed E-state index contributed by atoms with van der Waals surface area (Å²) in [5, 5.41) is 31.9. The summed E-state index contributed by atoms with van der Waals surface area (Å²) in [6.45, 7) is 31.9. The van der Waals surface area contributed by atoms with E-state index >= 15 is 0 Å². The molecule has 3 saturated heterocycles. The molecule has 0 amide bonds. The van der Waals surface area contributed by atoms with E-state index in [0.29, 0.717) is 65.3 Å². The number of rotatable bonds is 36. The number of fused-ring (bicyclic) bond motifs is 8. The third-order valence-corrected chi connectivity index (χ3v) is 36.5. The standard InChI is InChI=1S/C33H52O4Si.C27H42O3.C27H40O3.C22H34O2/c1-8-9-10-15-25(36-30-17-11-12-20-35-30)18-19-27-29(34)22-24-21-28-23(2)14-13-16-26(28)32(31(24)27)37-38(6,7)33(3,4)5;2*1-3-4-5-11-22(30-27-12-6-7-15-29-27)13-14-23-25-16-20-10-8-9-19(2)24(20)17-21(25)18-26(23)28;1-3-4-5-9-18(23)10-11-19-21-12-16-8-6-7-15(2)20(16)13-17(21)14-22(19)24/h13-14,16,24-25,30,32H,8-12,15,17-22H2,1-7H3;8-10,21-23,25-28H,3-7,11-18H2,1-2H3;8-10,21-23,25,27H,3-7,11-18H2,1-2H3;6-8,17-19,21-24H,3-5,9-14H2,1-2H3/t24?,25-,30?,32+;21?,22-,23+,25?,26+,27?;21?,22-,23?,25?,27?;17?,18-,19+,21-,22+/m0000/s1. The normalized spacial score (nSPS) is 28.8. The van der Waals surface area contributed by atoms with E-state index in [0.717, 1.165) is 205 Å². The van der Waals surface area contributed by atoms with E-state index in [4.69, 9.17) is 32.8 Å². The van der Waals surface area contributed by atoms with Gasteiger partial charge >= 0.3 is 0 Å². The number of benzene rings is 4. The summed E-state index contributed by atoms with van der Waals surface area (Å²) in [5.74, 6) is 5.76. The highest BCUT2D eigenvalue weighted by Gasteiger charge is 2.50. The van der Waals surface area contributed by atoms with Gasteiger partial charge in [-0.1, -0.05) is 198 Å². The Kier molecular flexibility index (Phi) is 37.6. The van der Waals surface area contributed by atoms with Gasteiger partial charge < -0.3 is 48.2 Å². The quantitative estimate of drug-likeness (QED) is 0.0293. The van der Waals surface area contributed by atoms with Crippen molar-refractivity contribution in [3.05, 3.63) is 151 Å². The summed E-state index contributed by atoms with van der Waals surface area (Å²) in [4.78, 5) is 26.6. The predicted molar refractivity (Wildman–Crippen MR) is 499 cm³/mol. The maximum absolute atomic E-state index is 13.6. The first-order valence-corrected chi connectivity index (χ1v) is 53.5. The summed E-state index contributed by atoms with van der Waals surface area (Å²) in [6.07, 6.45) is 47.6. The number of aryl methyl sites for hydroxylation is 4. The Morgan fingerprint density at radius 3 is 1.32 bits per heavy atom. The number of aliphatic hydroxyl groups excluding tert-OH is 3. The summed E-state index contributed by atoms with van der Waals surface area (Å²) < 4.78 is 44.2. The van der Waals surface area contributed by atoms with Crippen LogP contribution in [0.2, 0.25) is 18.1 Å². The van der Waals surface area contributed by atoms with Crippen molar-refractivity contribution in [1.29, 1.82) is 0 Å². The van der Waals surface area contributed by atoms with Crippen LogP contribution in [0.1, 0.15) is 359 Å². The van der Waals surface area contributed by atoms with E-state index in [1.807, 2.05) is 0 Å². The molecule has 0 spiro atoms. The first kappa shape index (κ1) is 96.8. The van der Waals surface area contributed by atoms with Crippen LogP contribution in [-0.4, -0.2) is 111 Å². The monoisotopic (exact) mass is 1700 g/mol. The van der Waals surface area contributed by atoms with E-state index in [-0.39, 0.29) is 78.5 Å². The van der Waals surface area contributed by atoms with Crippen LogP contribution < -0.4 is 0 Å². The van der Waals surface area contributed by atoms with Crippen LogP contribution in [0.4, 0.5) is 0 Å². The van der Waals surface area contributed by atoms with Crippen LogP contribution >= 0.6 is 0 Å². The Hall–Kier alpha value is -4.22. The van der Waals surface area contributed by atoms with E-state index < -0.39 is 8.32 Å². The molecule has 0 bridgehead atoms. The number of Topliss-reactive ketones (excluding diaryl/α,β-unsaturated/α-hetero) is 2. The molecule has 680 valence electrons. The van der Waals surface area contributed by atoms with E-state index in [9.17, 15) is 24.9 Å². The van der Waals surface area contributed by atoms with Crippen LogP contribution in [-0.2, 0) is 87.4 Å². The number of carbonyl (C=O) groups is 2. The van der Waals surface area contributed by atoms with Gasteiger partial charge in [0, 0.05) is 38.6 Å². The van der Waals surface area contributed by atoms with Gasteiger partial charge in [-0.15, -0.1) is 0 Å². The third kappa shape index (κ3) is 26.1. The zero-order valence-corrected chi connectivity index (χ0v) is 79.7. The number of ketones is 2. The summed E-state index contributed by atoms with van der Waals surface area (Å²) in [6, 6.07) is 26.7. The molecule has 20 atom stereocenters. The van der Waals surface area contributed by atoms with Crippen molar-refractivity contribution in [2.45, 2.75) is 438 Å². The van der Waals surface area contributed by atoms with Crippen molar-refractivity contribution < 1.29 is 57.8 Å². The molecular formula is C109H168O12Si. The number of carbonyl (C=O) groups excluding carboxylic acids is 2. The molecule has 13 heteroatoms. The summed E-state index contributed by atoms with van der Waals surface area (Å²) in [7, 11) is -2.07. The van der Waals surface area contributed by atoms with Gasteiger partial charge in [0.25, 0.3) is 0 Å². The van der Waals surface area contributed by atoms with Crippen LogP contribution in [0, 0.1) is 86.9 Å². The zero-order valence-electron chi connectivity index (χ0n) is 78.7. The molecule has 10 unspecified atom stereocenters. The molecule has 12 nitrogen and oxygen atoms in total. The number of unbranched alkanes of at least 4 members (excludes halogenated alkanes) is 8. The van der Waals surface area contributed by atoms with Gasteiger partial charge in [-0.3, -0.25) is 9.59 Å². The predicted octanol–water partition coefficient (Wildman–Crippen LogP) is 25.4. The molecule has 3 N–H and O–H groups in total. The minimum atomic E-state index is -2.07. The van der Waals surface area contributed by atoms with Crippen LogP contribution in [0.15, 0.2) is 83.9 Å². The molecule has 15 rings (SSSR count). The molecule has 3 aliphatic heterocycles. The second-order valence-electron chi connectivity index (χ2n) is 41.8. The highest BCUT2D eigenvalue weighted by molar-refractivity contribution is 6.74. The minimum Gasteiger partial charge on any atom is -0.406 e. The van der Waals surface area contributed by atoms with Crippen molar-refractivity contribution in [1.82, 2.24) is 0 Å². The molecular weight excluding hydrogens is 1530 g/mol. The molecule has 0 aromatic heterocycles. The van der Waals surface area contributed by atoms with Crippen molar-refractivity contribution in [2.75, 3.05) is 19.8 Å². The number of ether oxygens (including phenoxy) is 6. The first-order chi connectivity index (χ1) is 58.9. The summed E-state index contributed by atoms with van der Waals surface area (Å²) >= 11 is 0. The van der Waals surface area contributed by atoms with Crippen LogP contribution in [0.3, 0.4) is 0 Å². The van der Waals surface area contributed by atoms with Gasteiger partial charge in [-0.05, 0) is 370 Å². The minimum absolute atomic E-state index is 0.00356. The smallest absolute Gasteiger partial charge is 0.193 e. The highest BCUT2D eigenvalue weighted by atomic mass is 28.4. The maximum Gasteiger partial charge on any atom is 0.193 e. The average molecular weight is 1700 g/mol. The van der Waals surface area contributed by atoms with Crippen LogP contribution in [0.5, 0.6) is 0 Å². The SMILES string of the molecule is CCCCC[C@@H](CCC1=C2C(CC1=O)Cc1c(C)cccc1[C@H]2O[Si](C)(C)C(C)(C)C)OC1CCCCO1.CCCCC[C@@H](CCC1C(=O)CC2Cc3c(C)cccc3CC21)OC1CCCCO1.CCCCC[C@@H](CC[C@@H]1C2Cc3cccc(C)c3CC2C[C@H]1O)OC1CCCCO1.CCCCC[C@H](O)CC[C@H]1[C@H](O)CC2Cc3c(C)cccc3C[C@@H]21. The molecule has 4 aromatic rings. The Morgan fingerprint density at radius 2 is 0.869 bits per heavy atom. The first-order valence-electron chi connectivity index (χ1n) is 50.5. The lowest BCUT2D eigenvalue weighted by molar-refractivity contribution is -0.191. The van der Waals surface area contributed by atoms with E-state index in [1.165, 1.54) is 163 Å². The number of hydrogen-bond acceptors (Lipinski definition) is 12. The Balaban J connectivity index is 0.000000150. The molecule has 0 radical (unpaired) electrons.